The number of nitrogens with zero attached hydrogens (tertiary/aromatic N) is 2. The number of rotatable bonds is 5. The topological polar surface area (TPSA) is 73.2 Å². The third kappa shape index (κ3) is 3.81. The van der Waals surface area contributed by atoms with Gasteiger partial charge < -0.3 is 10.1 Å². The number of aryl methyl sites for hydroxylation is 1. The first-order valence-corrected chi connectivity index (χ1v) is 10.3. The van der Waals surface area contributed by atoms with Gasteiger partial charge in [0.2, 0.25) is 5.91 Å². The molecule has 0 radical (unpaired) electrons. The van der Waals surface area contributed by atoms with Crippen molar-refractivity contribution in [2.45, 2.75) is 13.5 Å². The molecular formula is C22H18ClN3O3S. The minimum absolute atomic E-state index is 0.158. The maximum Gasteiger partial charge on any atom is 0.263 e. The van der Waals surface area contributed by atoms with E-state index in [0.717, 1.165) is 16.0 Å². The Labute approximate surface area is 181 Å². The van der Waals surface area contributed by atoms with Gasteiger partial charge in [-0.1, -0.05) is 35.9 Å². The highest BCUT2D eigenvalue weighted by atomic mass is 35.5. The number of thiophene rings is 1. The second-order valence-electron chi connectivity index (χ2n) is 6.65. The SMILES string of the molecule is COc1ccccc1NC(=O)Cn1cnc2sc(C)c(-c3ccc(Cl)cc3)c2c1=O. The zero-order chi connectivity index (χ0) is 21.3. The van der Waals surface area contributed by atoms with Crippen LogP contribution in [0.5, 0.6) is 5.75 Å². The van der Waals surface area contributed by atoms with E-state index in [1.165, 1.54) is 29.3 Å². The molecule has 30 heavy (non-hydrogen) atoms. The Kier molecular flexibility index (Phi) is 5.57. The van der Waals surface area contributed by atoms with Crippen LogP contribution < -0.4 is 15.6 Å². The summed E-state index contributed by atoms with van der Waals surface area (Å²) in [6.45, 7) is 1.79. The number of nitrogens with one attached hydrogen (secondary N) is 1. The van der Waals surface area contributed by atoms with Crippen LogP contribution in [0.25, 0.3) is 21.3 Å². The van der Waals surface area contributed by atoms with Crippen LogP contribution in [0.15, 0.2) is 59.7 Å². The molecule has 4 rings (SSSR count). The van der Waals surface area contributed by atoms with Crippen molar-refractivity contribution in [3.8, 4) is 16.9 Å². The van der Waals surface area contributed by atoms with Gasteiger partial charge in [-0.15, -0.1) is 11.3 Å². The van der Waals surface area contributed by atoms with Crippen molar-refractivity contribution in [3.05, 3.63) is 75.1 Å². The lowest BCUT2D eigenvalue weighted by atomic mass is 10.0. The van der Waals surface area contributed by atoms with Crippen molar-refractivity contribution in [1.29, 1.82) is 0 Å². The van der Waals surface area contributed by atoms with E-state index in [2.05, 4.69) is 10.3 Å². The number of fused-ring (bicyclic) bond motifs is 1. The van der Waals surface area contributed by atoms with E-state index >= 15 is 0 Å². The number of hydrogen-bond acceptors (Lipinski definition) is 5. The molecule has 1 N–H and O–H groups in total. The third-order valence-electron chi connectivity index (χ3n) is 4.68. The van der Waals surface area contributed by atoms with Crippen molar-refractivity contribution in [3.63, 3.8) is 0 Å². The van der Waals surface area contributed by atoms with Crippen molar-refractivity contribution in [1.82, 2.24) is 9.55 Å². The van der Waals surface area contributed by atoms with Crippen molar-refractivity contribution >= 4 is 44.7 Å². The average molecular weight is 440 g/mol. The maximum atomic E-state index is 13.2. The molecule has 0 aliphatic carbocycles. The molecule has 2 aromatic heterocycles. The minimum Gasteiger partial charge on any atom is -0.495 e. The molecule has 0 aliphatic rings. The number of hydrogen-bond donors (Lipinski definition) is 1. The van der Waals surface area contributed by atoms with Crippen LogP contribution in [0, 0.1) is 6.92 Å². The molecule has 0 atom stereocenters. The molecule has 0 unspecified atom stereocenters. The number of anilines is 1. The standard InChI is InChI=1S/C22H18ClN3O3S/c1-13-19(14-7-9-15(23)10-8-14)20-21(30-13)24-12-26(22(20)28)11-18(27)25-16-5-3-4-6-17(16)29-2/h3-10,12H,11H2,1-2H3,(H,25,27). The lowest BCUT2D eigenvalue weighted by molar-refractivity contribution is -0.116. The molecule has 2 aromatic carbocycles. The normalized spacial score (nSPS) is 10.9. The molecular weight excluding hydrogens is 422 g/mol. The fourth-order valence-electron chi connectivity index (χ4n) is 3.31. The Morgan fingerprint density at radius 2 is 1.93 bits per heavy atom. The van der Waals surface area contributed by atoms with Crippen LogP contribution in [0.1, 0.15) is 4.88 Å². The van der Waals surface area contributed by atoms with Gasteiger partial charge in [0.1, 0.15) is 17.1 Å². The summed E-state index contributed by atoms with van der Waals surface area (Å²) in [5.41, 5.74) is 1.99. The predicted molar refractivity (Wildman–Crippen MR) is 121 cm³/mol. The van der Waals surface area contributed by atoms with Gasteiger partial charge in [-0.05, 0) is 36.8 Å². The van der Waals surface area contributed by atoms with Gasteiger partial charge in [-0.2, -0.15) is 0 Å². The van der Waals surface area contributed by atoms with E-state index in [-0.39, 0.29) is 18.0 Å². The number of halogens is 1. The lowest BCUT2D eigenvalue weighted by Gasteiger charge is -2.11. The summed E-state index contributed by atoms with van der Waals surface area (Å²) in [5, 5.41) is 3.91. The fraction of sp³-hybridized carbons (Fsp3) is 0.136. The zero-order valence-electron chi connectivity index (χ0n) is 16.3. The smallest absolute Gasteiger partial charge is 0.263 e. The highest BCUT2D eigenvalue weighted by molar-refractivity contribution is 7.19. The number of aromatic nitrogens is 2. The summed E-state index contributed by atoms with van der Waals surface area (Å²) in [5.74, 6) is 0.202. The molecule has 0 bridgehead atoms. The van der Waals surface area contributed by atoms with E-state index in [9.17, 15) is 9.59 Å². The minimum atomic E-state index is -0.345. The van der Waals surface area contributed by atoms with Gasteiger partial charge in [0.25, 0.3) is 5.56 Å². The summed E-state index contributed by atoms with van der Waals surface area (Å²) in [4.78, 5) is 31.8. The van der Waals surface area contributed by atoms with Gasteiger partial charge >= 0.3 is 0 Å². The van der Waals surface area contributed by atoms with Crippen LogP contribution in [-0.2, 0) is 11.3 Å². The lowest BCUT2D eigenvalue weighted by Crippen LogP contribution is -2.28. The summed E-state index contributed by atoms with van der Waals surface area (Å²) < 4.78 is 6.57. The molecule has 8 heteroatoms. The molecule has 6 nitrogen and oxygen atoms in total. The van der Waals surface area contributed by atoms with Gasteiger partial charge in [0.05, 0.1) is 24.5 Å². The number of benzene rings is 2. The Balaban J connectivity index is 1.70. The van der Waals surface area contributed by atoms with Crippen molar-refractivity contribution in [2.75, 3.05) is 12.4 Å². The van der Waals surface area contributed by atoms with Crippen LogP contribution in [0.3, 0.4) is 0 Å². The van der Waals surface area contributed by atoms with E-state index in [4.69, 9.17) is 16.3 Å². The number of carbonyl (C=O) groups is 1. The summed E-state index contributed by atoms with van der Waals surface area (Å²) in [6, 6.07) is 14.4. The molecule has 2 heterocycles. The number of methoxy groups -OCH3 is 1. The molecule has 4 aromatic rings. The Hall–Kier alpha value is -3.16. The van der Waals surface area contributed by atoms with Crippen molar-refractivity contribution in [2.24, 2.45) is 0 Å². The van der Waals surface area contributed by atoms with Crippen LogP contribution in [0.2, 0.25) is 5.02 Å². The zero-order valence-corrected chi connectivity index (χ0v) is 17.9. The van der Waals surface area contributed by atoms with Gasteiger partial charge in [0.15, 0.2) is 0 Å². The first-order valence-electron chi connectivity index (χ1n) is 9.15. The molecule has 0 spiro atoms. The predicted octanol–water partition coefficient (Wildman–Crippen LogP) is 4.73. The second-order valence-corrected chi connectivity index (χ2v) is 8.29. The maximum absolute atomic E-state index is 13.2. The number of para-hydroxylation sites is 2. The van der Waals surface area contributed by atoms with E-state index in [1.807, 2.05) is 25.1 Å². The Morgan fingerprint density at radius 1 is 1.20 bits per heavy atom. The highest BCUT2D eigenvalue weighted by Gasteiger charge is 2.18. The van der Waals surface area contributed by atoms with Gasteiger partial charge in [-0.3, -0.25) is 14.2 Å². The monoisotopic (exact) mass is 439 g/mol. The van der Waals surface area contributed by atoms with Gasteiger partial charge in [-0.25, -0.2) is 4.98 Å². The average Bonchev–Trinajstić information content (AvgIpc) is 3.08. The summed E-state index contributed by atoms with van der Waals surface area (Å²) in [6.07, 6.45) is 1.41. The largest absolute Gasteiger partial charge is 0.495 e. The van der Waals surface area contributed by atoms with Crippen LogP contribution in [-0.4, -0.2) is 22.6 Å². The van der Waals surface area contributed by atoms with Gasteiger partial charge in [0, 0.05) is 15.5 Å². The molecule has 1 amide bonds. The number of amides is 1. The van der Waals surface area contributed by atoms with Crippen LogP contribution in [0.4, 0.5) is 5.69 Å². The quantitative estimate of drug-likeness (QED) is 0.487. The van der Waals surface area contributed by atoms with E-state index in [1.54, 1.807) is 30.3 Å². The molecule has 0 saturated carbocycles. The molecule has 0 saturated heterocycles. The van der Waals surface area contributed by atoms with Crippen molar-refractivity contribution < 1.29 is 9.53 Å². The van der Waals surface area contributed by atoms with E-state index < -0.39 is 0 Å². The second kappa shape index (κ2) is 8.30. The van der Waals surface area contributed by atoms with Crippen LogP contribution >= 0.6 is 22.9 Å². The Morgan fingerprint density at radius 3 is 2.67 bits per heavy atom. The highest BCUT2D eigenvalue weighted by Crippen LogP contribution is 2.35. The summed E-state index contributed by atoms with van der Waals surface area (Å²) in [7, 11) is 1.53. The molecule has 0 aliphatic heterocycles. The molecule has 0 fully saturated rings. The first kappa shape index (κ1) is 20.1. The number of carbonyl (C=O) groups excluding carboxylic acids is 1. The summed E-state index contributed by atoms with van der Waals surface area (Å²) >= 11 is 7.46. The third-order valence-corrected chi connectivity index (χ3v) is 5.95. The van der Waals surface area contributed by atoms with E-state index in [0.29, 0.717) is 26.7 Å². The fourth-order valence-corrected chi connectivity index (χ4v) is 4.44. The Bertz CT molecular complexity index is 1300. The number of ether oxygens (including phenoxy) is 1. The first-order chi connectivity index (χ1) is 14.5. The molecule has 152 valence electrons.